The Morgan fingerprint density at radius 2 is 1.65 bits per heavy atom. The molecular weight excluding hydrogens is 398 g/mol. The summed E-state index contributed by atoms with van der Waals surface area (Å²) in [5, 5.41) is 24.2. The molecule has 31 heavy (non-hydrogen) atoms. The molecule has 0 unspecified atom stereocenters. The highest BCUT2D eigenvalue weighted by Gasteiger charge is 2.15. The van der Waals surface area contributed by atoms with Gasteiger partial charge in [0.05, 0.1) is 24.0 Å². The number of aliphatic hydroxyl groups excluding tert-OH is 1. The molecule has 3 aromatic carbocycles. The summed E-state index contributed by atoms with van der Waals surface area (Å²) in [6, 6.07) is 19.1. The van der Waals surface area contributed by atoms with Gasteiger partial charge in [-0.05, 0) is 47.5 Å². The van der Waals surface area contributed by atoms with E-state index in [4.69, 9.17) is 10.5 Å². The smallest absolute Gasteiger partial charge is 0.408 e. The number of anilines is 2. The third-order valence-electron chi connectivity index (χ3n) is 4.57. The Kier molecular flexibility index (Phi) is 7.08. The van der Waals surface area contributed by atoms with E-state index in [1.54, 1.807) is 60.7 Å². The lowest BCUT2D eigenvalue weighted by Gasteiger charge is -2.16. The number of alkyl carbamates (subject to hydrolysis) is 1. The first kappa shape index (κ1) is 21.7. The maximum atomic E-state index is 12.4. The van der Waals surface area contributed by atoms with E-state index in [2.05, 4.69) is 10.6 Å². The Bertz CT molecular complexity index is 1040. The molecule has 0 saturated heterocycles. The lowest BCUT2D eigenvalue weighted by molar-refractivity contribution is 0.102. The van der Waals surface area contributed by atoms with E-state index in [1.807, 2.05) is 0 Å². The molecule has 6 N–H and O–H groups in total. The van der Waals surface area contributed by atoms with Crippen LogP contribution in [-0.4, -0.2) is 28.8 Å². The predicted octanol–water partition coefficient (Wildman–Crippen LogP) is 3.19. The Balaban J connectivity index is 1.52. The summed E-state index contributed by atoms with van der Waals surface area (Å²) >= 11 is 0. The lowest BCUT2D eigenvalue weighted by atomic mass is 10.1. The van der Waals surface area contributed by atoms with Gasteiger partial charge in [0, 0.05) is 5.56 Å². The van der Waals surface area contributed by atoms with Crippen LogP contribution < -0.4 is 16.4 Å². The van der Waals surface area contributed by atoms with Crippen molar-refractivity contribution in [2.45, 2.75) is 12.6 Å². The second-order valence-electron chi connectivity index (χ2n) is 6.79. The van der Waals surface area contributed by atoms with Gasteiger partial charge in [0.25, 0.3) is 5.91 Å². The number of aliphatic hydroxyl groups is 1. The number of nitrogen functional groups attached to an aromatic ring is 1. The number of ether oxygens (including phenoxy) is 1. The maximum Gasteiger partial charge on any atom is 0.408 e. The molecule has 3 rings (SSSR count). The predicted molar refractivity (Wildman–Crippen MR) is 117 cm³/mol. The summed E-state index contributed by atoms with van der Waals surface area (Å²) in [6.45, 7) is -0.331. The second-order valence-corrected chi connectivity index (χ2v) is 6.79. The van der Waals surface area contributed by atoms with Gasteiger partial charge in [-0.15, -0.1) is 0 Å². The molecule has 3 aromatic rings. The first-order valence-electron chi connectivity index (χ1n) is 9.54. The van der Waals surface area contributed by atoms with Crippen molar-refractivity contribution >= 4 is 23.4 Å². The number of rotatable bonds is 7. The van der Waals surface area contributed by atoms with Crippen LogP contribution in [0, 0.1) is 0 Å². The number of nitrogens with one attached hydrogen (secondary N) is 2. The number of aromatic hydroxyl groups is 1. The summed E-state index contributed by atoms with van der Waals surface area (Å²) in [6.07, 6.45) is -0.700. The Hall–Kier alpha value is -4.04. The molecule has 0 fully saturated rings. The molecule has 0 aliphatic carbocycles. The average Bonchev–Trinajstić information content (AvgIpc) is 2.78. The quantitative estimate of drug-likeness (QED) is 0.372. The van der Waals surface area contributed by atoms with Crippen molar-refractivity contribution in [1.29, 1.82) is 0 Å². The van der Waals surface area contributed by atoms with Crippen molar-refractivity contribution in [3.8, 4) is 5.75 Å². The topological polar surface area (TPSA) is 134 Å². The molecule has 0 heterocycles. The number of amides is 2. The number of nitrogens with two attached hydrogens (primary N) is 1. The van der Waals surface area contributed by atoms with E-state index < -0.39 is 12.1 Å². The van der Waals surface area contributed by atoms with E-state index in [-0.39, 0.29) is 24.9 Å². The zero-order valence-corrected chi connectivity index (χ0v) is 16.6. The van der Waals surface area contributed by atoms with Gasteiger partial charge in [-0.3, -0.25) is 4.79 Å². The minimum atomic E-state index is -0.700. The largest absolute Gasteiger partial charge is 0.508 e. The summed E-state index contributed by atoms with van der Waals surface area (Å²) in [5.41, 5.74) is 8.59. The van der Waals surface area contributed by atoms with E-state index in [0.29, 0.717) is 28.1 Å². The fourth-order valence-corrected chi connectivity index (χ4v) is 2.83. The van der Waals surface area contributed by atoms with Crippen LogP contribution in [0.15, 0.2) is 72.8 Å². The van der Waals surface area contributed by atoms with Crippen molar-refractivity contribution < 1.29 is 24.5 Å². The standard InChI is InChI=1S/C23H23N3O5/c24-19-3-1-2-4-20(19)25-22(29)17-7-5-15(6-8-17)14-31-23(30)26-21(13-27)16-9-11-18(28)12-10-16/h1-12,21,27-28H,13-14,24H2,(H,25,29)(H,26,30)/t21-/m1/s1. The SMILES string of the molecule is Nc1ccccc1NC(=O)c1ccc(COC(=O)N[C@H](CO)c2ccc(O)cc2)cc1. The van der Waals surface area contributed by atoms with Crippen LogP contribution in [0.4, 0.5) is 16.2 Å². The molecule has 0 bridgehead atoms. The molecule has 160 valence electrons. The van der Waals surface area contributed by atoms with Crippen LogP contribution in [0.25, 0.3) is 0 Å². The van der Waals surface area contributed by atoms with Gasteiger partial charge < -0.3 is 31.3 Å². The second kappa shape index (κ2) is 10.1. The molecule has 8 nitrogen and oxygen atoms in total. The maximum absolute atomic E-state index is 12.4. The third kappa shape index (κ3) is 5.97. The van der Waals surface area contributed by atoms with Crippen LogP contribution in [0.5, 0.6) is 5.75 Å². The number of para-hydroxylation sites is 2. The third-order valence-corrected chi connectivity index (χ3v) is 4.57. The molecule has 0 aliphatic rings. The number of hydrogen-bond acceptors (Lipinski definition) is 6. The van der Waals surface area contributed by atoms with E-state index in [1.165, 1.54) is 12.1 Å². The molecule has 8 heteroatoms. The van der Waals surface area contributed by atoms with Gasteiger partial charge in [-0.25, -0.2) is 4.79 Å². The summed E-state index contributed by atoms with van der Waals surface area (Å²) in [5.74, 6) is -0.213. The first-order valence-corrected chi connectivity index (χ1v) is 9.54. The van der Waals surface area contributed by atoms with Crippen molar-refractivity contribution in [2.75, 3.05) is 17.7 Å². The fraction of sp³-hybridized carbons (Fsp3) is 0.130. The zero-order valence-electron chi connectivity index (χ0n) is 16.6. The lowest BCUT2D eigenvalue weighted by Crippen LogP contribution is -2.31. The zero-order chi connectivity index (χ0) is 22.2. The molecule has 0 aromatic heterocycles. The van der Waals surface area contributed by atoms with Crippen molar-refractivity contribution in [2.24, 2.45) is 0 Å². The van der Waals surface area contributed by atoms with E-state index in [0.717, 1.165) is 0 Å². The molecule has 0 radical (unpaired) electrons. The van der Waals surface area contributed by atoms with Crippen molar-refractivity contribution in [3.63, 3.8) is 0 Å². The number of benzene rings is 3. The van der Waals surface area contributed by atoms with Gasteiger partial charge >= 0.3 is 6.09 Å². The minimum absolute atomic E-state index is 0.00685. The van der Waals surface area contributed by atoms with E-state index in [9.17, 15) is 19.8 Å². The molecule has 0 spiro atoms. The van der Waals surface area contributed by atoms with Gasteiger partial charge in [0.2, 0.25) is 0 Å². The first-order chi connectivity index (χ1) is 15.0. The normalized spacial score (nSPS) is 11.4. The summed E-state index contributed by atoms with van der Waals surface area (Å²) in [4.78, 5) is 24.4. The van der Waals surface area contributed by atoms with Crippen molar-refractivity contribution in [1.82, 2.24) is 5.32 Å². The molecule has 0 aliphatic heterocycles. The summed E-state index contributed by atoms with van der Waals surface area (Å²) in [7, 11) is 0. The molecular formula is C23H23N3O5. The summed E-state index contributed by atoms with van der Waals surface area (Å²) < 4.78 is 5.19. The Labute approximate surface area is 179 Å². The van der Waals surface area contributed by atoms with Gasteiger partial charge in [0.15, 0.2) is 0 Å². The van der Waals surface area contributed by atoms with Crippen LogP contribution in [-0.2, 0) is 11.3 Å². The van der Waals surface area contributed by atoms with Crippen LogP contribution >= 0.6 is 0 Å². The minimum Gasteiger partial charge on any atom is -0.508 e. The van der Waals surface area contributed by atoms with Crippen LogP contribution in [0.1, 0.15) is 27.5 Å². The Morgan fingerprint density at radius 1 is 0.968 bits per heavy atom. The van der Waals surface area contributed by atoms with Gasteiger partial charge in [0.1, 0.15) is 12.4 Å². The molecule has 0 saturated carbocycles. The number of carbonyl (C=O) groups is 2. The highest BCUT2D eigenvalue weighted by molar-refractivity contribution is 6.05. The molecule has 2 amide bonds. The van der Waals surface area contributed by atoms with E-state index >= 15 is 0 Å². The fourth-order valence-electron chi connectivity index (χ4n) is 2.83. The van der Waals surface area contributed by atoms with Gasteiger partial charge in [-0.1, -0.05) is 36.4 Å². The number of phenolic OH excluding ortho intramolecular Hbond substituents is 1. The van der Waals surface area contributed by atoms with Crippen LogP contribution in [0.2, 0.25) is 0 Å². The highest BCUT2D eigenvalue weighted by Crippen LogP contribution is 2.19. The monoisotopic (exact) mass is 421 g/mol. The Morgan fingerprint density at radius 3 is 2.29 bits per heavy atom. The van der Waals surface area contributed by atoms with Crippen molar-refractivity contribution in [3.05, 3.63) is 89.5 Å². The molecule has 1 atom stereocenters. The number of carbonyl (C=O) groups excluding carboxylic acids is 2. The van der Waals surface area contributed by atoms with Gasteiger partial charge in [-0.2, -0.15) is 0 Å². The highest BCUT2D eigenvalue weighted by atomic mass is 16.5. The number of phenols is 1. The number of hydrogen-bond donors (Lipinski definition) is 5. The average molecular weight is 421 g/mol. The van der Waals surface area contributed by atoms with Crippen LogP contribution in [0.3, 0.4) is 0 Å².